The Bertz CT molecular complexity index is 300. The van der Waals surface area contributed by atoms with Crippen molar-refractivity contribution in [1.29, 1.82) is 0 Å². The van der Waals surface area contributed by atoms with Gasteiger partial charge in [-0.2, -0.15) is 0 Å². The Morgan fingerprint density at radius 1 is 1.29 bits per heavy atom. The second kappa shape index (κ2) is 8.24. The van der Waals surface area contributed by atoms with Gasteiger partial charge in [0.2, 0.25) is 0 Å². The summed E-state index contributed by atoms with van der Waals surface area (Å²) in [4.78, 5) is 11.7. The number of rotatable bonds is 4. The van der Waals surface area contributed by atoms with Crippen LogP contribution in [0.1, 0.15) is 53.9 Å². The molecule has 0 amide bonds. The third-order valence-electron chi connectivity index (χ3n) is 2.89. The van der Waals surface area contributed by atoms with Crippen LogP contribution in [-0.4, -0.2) is 11.8 Å². The molecular formula is C15H27NO. The summed E-state index contributed by atoms with van der Waals surface area (Å²) in [5.41, 5.74) is 8.43. The van der Waals surface area contributed by atoms with E-state index in [-0.39, 0.29) is 17.7 Å². The van der Waals surface area contributed by atoms with Gasteiger partial charge in [0.15, 0.2) is 5.78 Å². The molecule has 1 aliphatic carbocycles. The molecule has 0 fully saturated rings. The minimum absolute atomic E-state index is 0.0356. The summed E-state index contributed by atoms with van der Waals surface area (Å²) in [5, 5.41) is 0. The number of ketones is 1. The van der Waals surface area contributed by atoms with Crippen molar-refractivity contribution in [3.05, 3.63) is 23.3 Å². The maximum atomic E-state index is 11.7. The zero-order chi connectivity index (χ0) is 13.4. The number of Topliss-reactive ketones (excluding diaryl/α,β-unsaturated/α-hetero) is 1. The van der Waals surface area contributed by atoms with Crippen molar-refractivity contribution in [1.82, 2.24) is 0 Å². The molecule has 0 aromatic heterocycles. The molecule has 2 heteroatoms. The Labute approximate surface area is 106 Å². The molecule has 0 heterocycles. The third-order valence-corrected chi connectivity index (χ3v) is 2.89. The van der Waals surface area contributed by atoms with E-state index < -0.39 is 0 Å². The van der Waals surface area contributed by atoms with Gasteiger partial charge >= 0.3 is 0 Å². The van der Waals surface area contributed by atoms with E-state index in [1.54, 1.807) is 0 Å². The Balaban J connectivity index is 0.00000121. The van der Waals surface area contributed by atoms with Gasteiger partial charge in [-0.25, -0.2) is 0 Å². The highest BCUT2D eigenvalue weighted by Crippen LogP contribution is 2.22. The number of hydrogen-bond donors (Lipinski definition) is 1. The highest BCUT2D eigenvalue weighted by atomic mass is 16.1. The predicted molar refractivity (Wildman–Crippen MR) is 74.9 cm³/mol. The van der Waals surface area contributed by atoms with E-state index in [0.29, 0.717) is 6.42 Å². The average molecular weight is 237 g/mol. The van der Waals surface area contributed by atoms with Crippen molar-refractivity contribution in [2.75, 3.05) is 0 Å². The third kappa shape index (κ3) is 5.31. The van der Waals surface area contributed by atoms with E-state index >= 15 is 0 Å². The van der Waals surface area contributed by atoms with Crippen LogP contribution in [0.3, 0.4) is 0 Å². The fraction of sp³-hybridized carbons (Fsp3) is 0.667. The number of carbonyl (C=O) groups excluding carboxylic acids is 1. The molecule has 2 nitrogen and oxygen atoms in total. The molecule has 0 aromatic carbocycles. The molecular weight excluding hydrogens is 210 g/mol. The lowest BCUT2D eigenvalue weighted by atomic mass is 9.90. The molecule has 0 saturated carbocycles. The molecule has 0 radical (unpaired) electrons. The molecule has 0 spiro atoms. The second-order valence-electron chi connectivity index (χ2n) is 4.56. The predicted octanol–water partition coefficient (Wildman–Crippen LogP) is 3.62. The van der Waals surface area contributed by atoms with Gasteiger partial charge in [0, 0.05) is 5.92 Å². The quantitative estimate of drug-likeness (QED) is 0.811. The number of hydrogen-bond acceptors (Lipinski definition) is 2. The molecule has 0 bridgehead atoms. The van der Waals surface area contributed by atoms with Crippen LogP contribution >= 0.6 is 0 Å². The number of allylic oxidation sites excluding steroid dienone is 3. The Hall–Kier alpha value is -0.890. The lowest BCUT2D eigenvalue weighted by molar-refractivity contribution is -0.123. The molecule has 0 saturated heterocycles. The molecule has 1 aliphatic rings. The second-order valence-corrected chi connectivity index (χ2v) is 4.56. The van der Waals surface area contributed by atoms with Gasteiger partial charge in [0.25, 0.3) is 0 Å². The van der Waals surface area contributed by atoms with E-state index in [2.05, 4.69) is 19.1 Å². The summed E-state index contributed by atoms with van der Waals surface area (Å²) in [6, 6.07) is -0.335. The first-order valence-electron chi connectivity index (χ1n) is 6.68. The lowest BCUT2D eigenvalue weighted by Gasteiger charge is -2.18. The van der Waals surface area contributed by atoms with Crippen LogP contribution < -0.4 is 5.73 Å². The van der Waals surface area contributed by atoms with Crippen molar-refractivity contribution in [3.63, 3.8) is 0 Å². The van der Waals surface area contributed by atoms with Crippen LogP contribution in [0, 0.1) is 5.92 Å². The average Bonchev–Trinajstić information content (AvgIpc) is 2.33. The fourth-order valence-corrected chi connectivity index (χ4v) is 1.86. The van der Waals surface area contributed by atoms with E-state index in [4.69, 9.17) is 5.73 Å². The summed E-state index contributed by atoms with van der Waals surface area (Å²) >= 11 is 0. The van der Waals surface area contributed by atoms with Gasteiger partial charge in [-0.1, -0.05) is 45.4 Å². The first kappa shape index (κ1) is 16.1. The van der Waals surface area contributed by atoms with E-state index in [1.807, 2.05) is 27.7 Å². The van der Waals surface area contributed by atoms with Gasteiger partial charge in [-0.05, 0) is 31.8 Å². The first-order valence-corrected chi connectivity index (χ1v) is 6.68. The van der Waals surface area contributed by atoms with Crippen LogP contribution in [0.2, 0.25) is 0 Å². The van der Waals surface area contributed by atoms with E-state index in [9.17, 15) is 4.79 Å². The smallest absolute Gasteiger partial charge is 0.152 e. The normalized spacial score (nSPS) is 16.6. The Kier molecular flexibility index (Phi) is 7.81. The lowest BCUT2D eigenvalue weighted by Crippen LogP contribution is -2.34. The minimum atomic E-state index is -0.335. The summed E-state index contributed by atoms with van der Waals surface area (Å²) in [5.74, 6) is 0.197. The minimum Gasteiger partial charge on any atom is -0.321 e. The first-order chi connectivity index (χ1) is 8.02. The summed E-state index contributed by atoms with van der Waals surface area (Å²) in [6.45, 7) is 9.90. The Morgan fingerprint density at radius 3 is 2.29 bits per heavy atom. The zero-order valence-corrected chi connectivity index (χ0v) is 11.9. The van der Waals surface area contributed by atoms with Crippen molar-refractivity contribution in [2.45, 2.75) is 59.9 Å². The van der Waals surface area contributed by atoms with E-state index in [0.717, 1.165) is 12.8 Å². The van der Waals surface area contributed by atoms with Crippen LogP contribution in [0.4, 0.5) is 0 Å². The number of carbonyl (C=O) groups is 1. The van der Waals surface area contributed by atoms with Crippen LogP contribution in [-0.2, 0) is 4.79 Å². The standard InChI is InChI=1S/C13H21NO.C2H6/c1-9(2)13(15)12(14)8-11-7-5-4-6-10(11)3;1-2/h6-7,9,12H,4-5,8,14H2,1-3H3;1-2H3. The SMILES string of the molecule is CC.CC1=CCCC=C1CC(N)C(=O)C(C)C. The van der Waals surface area contributed by atoms with Crippen molar-refractivity contribution in [3.8, 4) is 0 Å². The highest BCUT2D eigenvalue weighted by Gasteiger charge is 2.19. The maximum absolute atomic E-state index is 11.7. The Morgan fingerprint density at radius 2 is 1.82 bits per heavy atom. The van der Waals surface area contributed by atoms with Crippen molar-refractivity contribution < 1.29 is 4.79 Å². The monoisotopic (exact) mass is 237 g/mol. The van der Waals surface area contributed by atoms with Crippen molar-refractivity contribution in [2.24, 2.45) is 11.7 Å². The molecule has 1 atom stereocenters. The van der Waals surface area contributed by atoms with Crippen molar-refractivity contribution >= 4 is 5.78 Å². The molecule has 98 valence electrons. The van der Waals surface area contributed by atoms with Gasteiger partial charge in [0.05, 0.1) is 6.04 Å². The van der Waals surface area contributed by atoms with Gasteiger partial charge < -0.3 is 5.73 Å². The van der Waals surface area contributed by atoms with Gasteiger partial charge in [-0.15, -0.1) is 0 Å². The molecule has 0 aliphatic heterocycles. The summed E-state index contributed by atoms with van der Waals surface area (Å²) in [6.07, 6.45) is 7.32. The zero-order valence-electron chi connectivity index (χ0n) is 11.9. The molecule has 2 N–H and O–H groups in total. The summed E-state index contributed by atoms with van der Waals surface area (Å²) < 4.78 is 0. The van der Waals surface area contributed by atoms with Crippen LogP contribution in [0.15, 0.2) is 23.3 Å². The molecule has 1 unspecified atom stereocenters. The van der Waals surface area contributed by atoms with Crippen LogP contribution in [0.25, 0.3) is 0 Å². The summed E-state index contributed by atoms with van der Waals surface area (Å²) in [7, 11) is 0. The highest BCUT2D eigenvalue weighted by molar-refractivity contribution is 5.85. The molecule has 1 rings (SSSR count). The van der Waals surface area contributed by atoms with Gasteiger partial charge in [-0.3, -0.25) is 4.79 Å². The van der Waals surface area contributed by atoms with Gasteiger partial charge in [0.1, 0.15) is 0 Å². The maximum Gasteiger partial charge on any atom is 0.152 e. The van der Waals surface area contributed by atoms with E-state index in [1.165, 1.54) is 11.1 Å². The van der Waals surface area contributed by atoms with Crippen LogP contribution in [0.5, 0.6) is 0 Å². The molecule has 17 heavy (non-hydrogen) atoms. The topological polar surface area (TPSA) is 43.1 Å². The fourth-order valence-electron chi connectivity index (χ4n) is 1.86. The molecule has 0 aromatic rings. The number of nitrogens with two attached hydrogens (primary N) is 1. The largest absolute Gasteiger partial charge is 0.321 e.